The molecule has 0 bridgehead atoms. The molecule has 1 atom stereocenters. The van der Waals surface area contributed by atoms with Crippen LogP contribution in [0.5, 0.6) is 0 Å². The molecular formula is C13H22N2OS. The van der Waals surface area contributed by atoms with Crippen LogP contribution in [0, 0.1) is 5.41 Å². The molecule has 0 saturated carbocycles. The highest BCUT2D eigenvalue weighted by atomic mass is 32.2. The lowest BCUT2D eigenvalue weighted by Gasteiger charge is -2.41. The highest BCUT2D eigenvalue weighted by Crippen LogP contribution is 2.40. The largest absolute Gasteiger partial charge is 0.389 e. The van der Waals surface area contributed by atoms with E-state index >= 15 is 0 Å². The van der Waals surface area contributed by atoms with E-state index in [2.05, 4.69) is 25.9 Å². The minimum absolute atomic E-state index is 0.235. The predicted octanol–water partition coefficient (Wildman–Crippen LogP) is 2.34. The van der Waals surface area contributed by atoms with Gasteiger partial charge in [-0.1, -0.05) is 13.8 Å². The maximum absolute atomic E-state index is 10.7. The molecule has 0 aromatic carbocycles. The summed E-state index contributed by atoms with van der Waals surface area (Å²) in [4.78, 5) is 0. The number of hydrogen-bond acceptors (Lipinski definition) is 3. The van der Waals surface area contributed by atoms with Gasteiger partial charge in [-0.05, 0) is 30.1 Å². The van der Waals surface area contributed by atoms with Crippen molar-refractivity contribution in [3.8, 4) is 0 Å². The van der Waals surface area contributed by atoms with Crippen LogP contribution in [0.4, 0.5) is 0 Å². The van der Waals surface area contributed by atoms with Crippen LogP contribution in [0.3, 0.4) is 0 Å². The SMILES string of the molecule is CCn1cc(CC2(O)CSCC(C)(C)C2)cn1. The van der Waals surface area contributed by atoms with Gasteiger partial charge < -0.3 is 5.11 Å². The van der Waals surface area contributed by atoms with Crippen LogP contribution in [0.1, 0.15) is 32.8 Å². The lowest BCUT2D eigenvalue weighted by atomic mass is 9.79. The number of aromatic nitrogens is 2. The van der Waals surface area contributed by atoms with E-state index in [0.717, 1.165) is 36.5 Å². The summed E-state index contributed by atoms with van der Waals surface area (Å²) in [6, 6.07) is 0. The standard InChI is InChI=1S/C13H22N2OS/c1-4-15-7-11(6-14-15)5-13(16)8-12(2,3)9-17-10-13/h6-7,16H,4-5,8-10H2,1-3H3. The maximum Gasteiger partial charge on any atom is 0.0784 e. The van der Waals surface area contributed by atoms with Gasteiger partial charge in [-0.2, -0.15) is 16.9 Å². The lowest BCUT2D eigenvalue weighted by molar-refractivity contribution is 0.0200. The van der Waals surface area contributed by atoms with Gasteiger partial charge in [0, 0.05) is 24.9 Å². The number of hydrogen-bond donors (Lipinski definition) is 1. The van der Waals surface area contributed by atoms with Gasteiger partial charge in [0.1, 0.15) is 0 Å². The summed E-state index contributed by atoms with van der Waals surface area (Å²) >= 11 is 1.86. The summed E-state index contributed by atoms with van der Waals surface area (Å²) in [5.41, 5.74) is 0.819. The smallest absolute Gasteiger partial charge is 0.0784 e. The summed E-state index contributed by atoms with van der Waals surface area (Å²) in [5, 5.41) is 15.0. The summed E-state index contributed by atoms with van der Waals surface area (Å²) in [6.45, 7) is 7.43. The van der Waals surface area contributed by atoms with E-state index in [4.69, 9.17) is 0 Å². The number of aryl methyl sites for hydroxylation is 1. The first-order valence-electron chi connectivity index (χ1n) is 6.24. The Balaban J connectivity index is 2.06. The minimum Gasteiger partial charge on any atom is -0.389 e. The second kappa shape index (κ2) is 4.65. The zero-order valence-electron chi connectivity index (χ0n) is 10.9. The van der Waals surface area contributed by atoms with Crippen LogP contribution in [-0.4, -0.2) is 32.0 Å². The number of aliphatic hydroxyl groups is 1. The molecule has 1 aliphatic rings. The Kier molecular flexibility index (Phi) is 3.55. The Morgan fingerprint density at radius 2 is 2.24 bits per heavy atom. The first kappa shape index (κ1) is 13.0. The first-order valence-corrected chi connectivity index (χ1v) is 7.39. The molecule has 1 N–H and O–H groups in total. The van der Waals surface area contributed by atoms with Gasteiger partial charge in [0.15, 0.2) is 0 Å². The highest BCUT2D eigenvalue weighted by Gasteiger charge is 2.39. The summed E-state index contributed by atoms with van der Waals surface area (Å²) in [7, 11) is 0. The van der Waals surface area contributed by atoms with Crippen molar-refractivity contribution in [2.24, 2.45) is 5.41 Å². The average molecular weight is 254 g/mol. The van der Waals surface area contributed by atoms with Crippen molar-refractivity contribution < 1.29 is 5.11 Å². The Labute approximate surface area is 108 Å². The fraction of sp³-hybridized carbons (Fsp3) is 0.769. The van der Waals surface area contributed by atoms with E-state index < -0.39 is 5.60 Å². The number of nitrogens with zero attached hydrogens (tertiary/aromatic N) is 2. The van der Waals surface area contributed by atoms with Crippen molar-refractivity contribution in [3.05, 3.63) is 18.0 Å². The second-order valence-corrected chi connectivity index (χ2v) is 6.92. The van der Waals surface area contributed by atoms with E-state index in [1.165, 1.54) is 0 Å². The third-order valence-electron chi connectivity index (χ3n) is 3.22. The van der Waals surface area contributed by atoms with E-state index in [-0.39, 0.29) is 5.41 Å². The molecule has 2 heterocycles. The molecule has 4 heteroatoms. The third-order valence-corrected chi connectivity index (χ3v) is 4.94. The lowest BCUT2D eigenvalue weighted by Crippen LogP contribution is -2.44. The van der Waals surface area contributed by atoms with Gasteiger partial charge in [0.25, 0.3) is 0 Å². The van der Waals surface area contributed by atoms with Crippen molar-refractivity contribution in [1.82, 2.24) is 9.78 Å². The number of thioether (sulfide) groups is 1. The van der Waals surface area contributed by atoms with E-state index in [9.17, 15) is 5.11 Å². The van der Waals surface area contributed by atoms with Crippen LogP contribution in [0.25, 0.3) is 0 Å². The Hall–Kier alpha value is -0.480. The molecule has 1 aromatic heterocycles. The Morgan fingerprint density at radius 3 is 2.82 bits per heavy atom. The quantitative estimate of drug-likeness (QED) is 0.899. The molecule has 0 aliphatic carbocycles. The molecule has 0 amide bonds. The average Bonchev–Trinajstić information content (AvgIpc) is 2.62. The van der Waals surface area contributed by atoms with Crippen molar-refractivity contribution in [3.63, 3.8) is 0 Å². The first-order chi connectivity index (χ1) is 7.92. The van der Waals surface area contributed by atoms with E-state index in [0.29, 0.717) is 0 Å². The van der Waals surface area contributed by atoms with Gasteiger partial charge in [-0.15, -0.1) is 0 Å². The second-order valence-electron chi connectivity index (χ2n) is 5.94. The summed E-state index contributed by atoms with van der Waals surface area (Å²) in [6.07, 6.45) is 5.53. The third kappa shape index (κ3) is 3.26. The molecule has 1 fully saturated rings. The van der Waals surface area contributed by atoms with Crippen LogP contribution < -0.4 is 0 Å². The summed E-state index contributed by atoms with van der Waals surface area (Å²) in [5.74, 6) is 1.98. The molecule has 2 rings (SSSR count). The Morgan fingerprint density at radius 1 is 1.47 bits per heavy atom. The molecule has 17 heavy (non-hydrogen) atoms. The molecule has 0 spiro atoms. The van der Waals surface area contributed by atoms with E-state index in [1.807, 2.05) is 28.8 Å². The molecule has 1 saturated heterocycles. The van der Waals surface area contributed by atoms with Crippen molar-refractivity contribution in [2.75, 3.05) is 11.5 Å². The minimum atomic E-state index is -0.561. The molecule has 96 valence electrons. The fourth-order valence-corrected chi connectivity index (χ4v) is 4.02. The molecule has 1 unspecified atom stereocenters. The van der Waals surface area contributed by atoms with Gasteiger partial charge in [0.05, 0.1) is 11.8 Å². The van der Waals surface area contributed by atoms with Gasteiger partial charge in [0.2, 0.25) is 0 Å². The zero-order chi connectivity index (χ0) is 12.5. The van der Waals surface area contributed by atoms with Crippen molar-refractivity contribution in [2.45, 2.75) is 45.8 Å². The Bertz CT molecular complexity index is 389. The van der Waals surface area contributed by atoms with Crippen molar-refractivity contribution >= 4 is 11.8 Å². The normalized spacial score (nSPS) is 28.2. The van der Waals surface area contributed by atoms with Crippen LogP contribution in [-0.2, 0) is 13.0 Å². The highest BCUT2D eigenvalue weighted by molar-refractivity contribution is 7.99. The molecule has 1 aromatic rings. The van der Waals surface area contributed by atoms with Gasteiger partial charge >= 0.3 is 0 Å². The van der Waals surface area contributed by atoms with Crippen molar-refractivity contribution in [1.29, 1.82) is 0 Å². The van der Waals surface area contributed by atoms with Crippen LogP contribution in [0.2, 0.25) is 0 Å². The van der Waals surface area contributed by atoms with Gasteiger partial charge in [-0.25, -0.2) is 0 Å². The molecule has 3 nitrogen and oxygen atoms in total. The zero-order valence-corrected chi connectivity index (χ0v) is 11.8. The van der Waals surface area contributed by atoms with Gasteiger partial charge in [-0.3, -0.25) is 4.68 Å². The van der Waals surface area contributed by atoms with Crippen LogP contribution in [0.15, 0.2) is 12.4 Å². The monoisotopic (exact) mass is 254 g/mol. The van der Waals surface area contributed by atoms with E-state index in [1.54, 1.807) is 0 Å². The molecule has 1 aliphatic heterocycles. The fourth-order valence-electron chi connectivity index (χ4n) is 2.67. The van der Waals surface area contributed by atoms with Crippen LogP contribution >= 0.6 is 11.8 Å². The number of rotatable bonds is 3. The molecule has 0 radical (unpaired) electrons. The topological polar surface area (TPSA) is 38.0 Å². The molecular weight excluding hydrogens is 232 g/mol. The summed E-state index contributed by atoms with van der Waals surface area (Å²) < 4.78 is 1.92. The predicted molar refractivity (Wildman–Crippen MR) is 72.3 cm³/mol. The maximum atomic E-state index is 10.7.